The molecule has 0 saturated heterocycles. The second-order valence-corrected chi connectivity index (χ2v) is 5.27. The van der Waals surface area contributed by atoms with E-state index >= 15 is 0 Å². The van der Waals surface area contributed by atoms with Crippen molar-refractivity contribution >= 4 is 27.3 Å². The van der Waals surface area contributed by atoms with Crippen LogP contribution in [0.2, 0.25) is 0 Å². The van der Waals surface area contributed by atoms with E-state index < -0.39 is 0 Å². The Balaban J connectivity index is 2.11. The summed E-state index contributed by atoms with van der Waals surface area (Å²) >= 11 is 5.12. The second kappa shape index (κ2) is 5.48. The predicted octanol–water partition coefficient (Wildman–Crippen LogP) is 3.55. The molecule has 0 saturated carbocycles. The van der Waals surface area contributed by atoms with Crippen LogP contribution in [0, 0.1) is 0 Å². The maximum Gasteiger partial charge on any atom is 0.125 e. The topological polar surface area (TPSA) is 35.2 Å². The Morgan fingerprint density at radius 2 is 2.19 bits per heavy atom. The lowest BCUT2D eigenvalue weighted by atomic mass is 10.2. The highest BCUT2D eigenvalue weighted by molar-refractivity contribution is 9.10. The highest BCUT2D eigenvalue weighted by atomic mass is 79.9. The van der Waals surface area contributed by atoms with E-state index in [9.17, 15) is 0 Å². The molecule has 0 atom stereocenters. The van der Waals surface area contributed by atoms with Crippen LogP contribution in [0.1, 0.15) is 10.4 Å². The monoisotopic (exact) mass is 297 g/mol. The summed E-state index contributed by atoms with van der Waals surface area (Å²) in [6.07, 6.45) is 0. The van der Waals surface area contributed by atoms with Gasteiger partial charge >= 0.3 is 0 Å². The van der Waals surface area contributed by atoms with Gasteiger partial charge in [-0.05, 0) is 23.6 Å². The van der Waals surface area contributed by atoms with Crippen LogP contribution in [0.4, 0.5) is 0 Å². The van der Waals surface area contributed by atoms with Crippen LogP contribution in [-0.4, -0.2) is 0 Å². The smallest absolute Gasteiger partial charge is 0.125 e. The van der Waals surface area contributed by atoms with E-state index in [1.165, 1.54) is 4.88 Å². The van der Waals surface area contributed by atoms with Crippen LogP contribution in [0.25, 0.3) is 0 Å². The zero-order valence-electron chi connectivity index (χ0n) is 8.65. The van der Waals surface area contributed by atoms with Gasteiger partial charge in [0.2, 0.25) is 0 Å². The summed E-state index contributed by atoms with van der Waals surface area (Å²) in [7, 11) is 0. The molecular formula is C12H12BrNOS. The van der Waals surface area contributed by atoms with E-state index in [0.717, 1.165) is 15.8 Å². The summed E-state index contributed by atoms with van der Waals surface area (Å²) in [5.41, 5.74) is 6.68. The van der Waals surface area contributed by atoms with Crippen LogP contribution >= 0.6 is 27.3 Å². The zero-order valence-corrected chi connectivity index (χ0v) is 11.1. The van der Waals surface area contributed by atoms with Gasteiger partial charge in [0.25, 0.3) is 0 Å². The van der Waals surface area contributed by atoms with Gasteiger partial charge < -0.3 is 10.5 Å². The summed E-state index contributed by atoms with van der Waals surface area (Å²) in [5, 5.41) is 2.05. The fourth-order valence-electron chi connectivity index (χ4n) is 1.37. The van der Waals surface area contributed by atoms with Gasteiger partial charge in [0, 0.05) is 21.5 Å². The summed E-state index contributed by atoms with van der Waals surface area (Å²) in [6.45, 7) is 1.09. The van der Waals surface area contributed by atoms with Crippen LogP contribution in [0.15, 0.2) is 40.2 Å². The summed E-state index contributed by atoms with van der Waals surface area (Å²) in [5.74, 6) is 0.852. The maximum atomic E-state index is 5.75. The Kier molecular flexibility index (Phi) is 3.98. The average Bonchev–Trinajstić information content (AvgIpc) is 2.79. The minimum atomic E-state index is 0.493. The van der Waals surface area contributed by atoms with E-state index in [-0.39, 0.29) is 0 Å². The van der Waals surface area contributed by atoms with Crippen LogP contribution in [-0.2, 0) is 13.2 Å². The first kappa shape index (κ1) is 11.6. The molecular weight excluding hydrogens is 286 g/mol. The Hall–Kier alpha value is -0.840. The van der Waals surface area contributed by atoms with Gasteiger partial charge in [-0.15, -0.1) is 11.3 Å². The minimum absolute atomic E-state index is 0.493. The third-order valence-corrected chi connectivity index (χ3v) is 3.54. The molecule has 1 aromatic heterocycles. The van der Waals surface area contributed by atoms with Crippen LogP contribution < -0.4 is 10.5 Å². The van der Waals surface area contributed by atoms with Crippen molar-refractivity contribution in [1.29, 1.82) is 0 Å². The SMILES string of the molecule is NCc1ccc(Br)cc1OCc1cccs1. The Bertz CT molecular complexity index is 456. The van der Waals surface area contributed by atoms with Crippen molar-refractivity contribution in [2.45, 2.75) is 13.2 Å². The number of ether oxygens (including phenoxy) is 1. The third kappa shape index (κ3) is 2.84. The highest BCUT2D eigenvalue weighted by Gasteiger charge is 2.03. The molecule has 2 rings (SSSR count). The second-order valence-electron chi connectivity index (χ2n) is 3.32. The van der Waals surface area contributed by atoms with Crippen molar-refractivity contribution in [1.82, 2.24) is 0 Å². The molecule has 84 valence electrons. The maximum absolute atomic E-state index is 5.75. The van der Waals surface area contributed by atoms with Gasteiger partial charge in [-0.25, -0.2) is 0 Å². The molecule has 0 aliphatic carbocycles. The highest BCUT2D eigenvalue weighted by Crippen LogP contribution is 2.24. The number of nitrogens with two attached hydrogens (primary N) is 1. The van der Waals surface area contributed by atoms with Crippen LogP contribution in [0.5, 0.6) is 5.75 Å². The molecule has 1 heterocycles. The minimum Gasteiger partial charge on any atom is -0.488 e. The number of rotatable bonds is 4. The molecule has 0 fully saturated rings. The Morgan fingerprint density at radius 1 is 1.31 bits per heavy atom. The number of halogens is 1. The van der Waals surface area contributed by atoms with E-state index in [2.05, 4.69) is 22.0 Å². The van der Waals surface area contributed by atoms with Crippen molar-refractivity contribution in [3.63, 3.8) is 0 Å². The van der Waals surface area contributed by atoms with Gasteiger partial charge in [-0.1, -0.05) is 28.1 Å². The molecule has 0 bridgehead atoms. The number of benzene rings is 1. The number of thiophene rings is 1. The first-order chi connectivity index (χ1) is 7.79. The molecule has 2 aromatic rings. The molecule has 0 unspecified atom stereocenters. The molecule has 0 radical (unpaired) electrons. The standard InChI is InChI=1S/C12H12BrNOS/c13-10-4-3-9(7-14)12(6-10)15-8-11-2-1-5-16-11/h1-6H,7-8,14H2. The lowest BCUT2D eigenvalue weighted by Crippen LogP contribution is -2.02. The normalized spacial score (nSPS) is 10.4. The molecule has 1 aromatic carbocycles. The summed E-state index contributed by atoms with van der Waals surface area (Å²) in [6, 6.07) is 9.99. The summed E-state index contributed by atoms with van der Waals surface area (Å²) in [4.78, 5) is 1.21. The first-order valence-electron chi connectivity index (χ1n) is 4.93. The van der Waals surface area contributed by atoms with E-state index in [1.54, 1.807) is 11.3 Å². The van der Waals surface area contributed by atoms with E-state index in [1.807, 2.05) is 29.6 Å². The fraction of sp³-hybridized carbons (Fsp3) is 0.167. The first-order valence-corrected chi connectivity index (χ1v) is 6.60. The Morgan fingerprint density at radius 3 is 2.88 bits per heavy atom. The van der Waals surface area contributed by atoms with Gasteiger partial charge in [0.1, 0.15) is 12.4 Å². The molecule has 0 amide bonds. The fourth-order valence-corrected chi connectivity index (χ4v) is 2.33. The van der Waals surface area contributed by atoms with Crippen molar-refractivity contribution in [2.75, 3.05) is 0 Å². The predicted molar refractivity (Wildman–Crippen MR) is 70.7 cm³/mol. The lowest BCUT2D eigenvalue weighted by Gasteiger charge is -2.09. The largest absolute Gasteiger partial charge is 0.488 e. The van der Waals surface area contributed by atoms with Gasteiger partial charge in [0.05, 0.1) is 0 Å². The van der Waals surface area contributed by atoms with E-state index in [4.69, 9.17) is 10.5 Å². The van der Waals surface area contributed by atoms with Crippen molar-refractivity contribution in [3.05, 3.63) is 50.6 Å². The lowest BCUT2D eigenvalue weighted by molar-refractivity contribution is 0.306. The van der Waals surface area contributed by atoms with Crippen molar-refractivity contribution in [3.8, 4) is 5.75 Å². The van der Waals surface area contributed by atoms with Crippen molar-refractivity contribution in [2.24, 2.45) is 5.73 Å². The average molecular weight is 298 g/mol. The van der Waals surface area contributed by atoms with Crippen molar-refractivity contribution < 1.29 is 4.74 Å². The Labute approximate surface area is 107 Å². The van der Waals surface area contributed by atoms with E-state index in [0.29, 0.717) is 13.2 Å². The molecule has 0 aliphatic rings. The van der Waals surface area contributed by atoms with Crippen LogP contribution in [0.3, 0.4) is 0 Å². The summed E-state index contributed by atoms with van der Waals surface area (Å²) < 4.78 is 6.76. The molecule has 0 spiro atoms. The molecule has 0 aliphatic heterocycles. The van der Waals surface area contributed by atoms with Gasteiger partial charge in [0.15, 0.2) is 0 Å². The van der Waals surface area contributed by atoms with Gasteiger partial charge in [-0.2, -0.15) is 0 Å². The van der Waals surface area contributed by atoms with Gasteiger partial charge in [-0.3, -0.25) is 0 Å². The zero-order chi connectivity index (χ0) is 11.4. The molecule has 16 heavy (non-hydrogen) atoms. The molecule has 2 N–H and O–H groups in total. The number of hydrogen-bond donors (Lipinski definition) is 1. The number of hydrogen-bond acceptors (Lipinski definition) is 3. The quantitative estimate of drug-likeness (QED) is 0.937. The third-order valence-electron chi connectivity index (χ3n) is 2.20. The molecule has 2 nitrogen and oxygen atoms in total. The molecule has 4 heteroatoms.